The smallest absolute Gasteiger partial charge is 0.358 e. The molecule has 1 aliphatic rings. The van der Waals surface area contributed by atoms with Crippen molar-refractivity contribution >= 4 is 41.6 Å². The number of esters is 1. The van der Waals surface area contributed by atoms with Crippen LogP contribution in [0.3, 0.4) is 0 Å². The van der Waals surface area contributed by atoms with Crippen molar-refractivity contribution in [3.8, 4) is 0 Å². The Hall–Kier alpha value is -3.80. The number of carbonyl (C=O) groups excluding carboxylic acids is 1. The number of nitro groups is 1. The number of allylic oxidation sites excluding steroid dienone is 1. The van der Waals surface area contributed by atoms with Crippen LogP contribution < -0.4 is 10.5 Å². The molecule has 1 aromatic carbocycles. The maximum Gasteiger partial charge on any atom is 0.358 e. The molecule has 2 aromatic heterocycles. The molecule has 0 atom stereocenters. The molecular formula is C24H28N5O8P. The highest BCUT2D eigenvalue weighted by Crippen LogP contribution is 2.50. The molecule has 0 saturated carbocycles. The fourth-order valence-electron chi connectivity index (χ4n) is 4.31. The molecule has 0 fully saturated rings. The second-order valence-electron chi connectivity index (χ2n) is 8.33. The van der Waals surface area contributed by atoms with E-state index >= 15 is 0 Å². The monoisotopic (exact) mass is 545 g/mol. The Morgan fingerprint density at radius 3 is 2.58 bits per heavy atom. The molecule has 1 aliphatic heterocycles. The number of imidazole rings is 1. The number of nitrogens with one attached hydrogen (secondary N) is 1. The van der Waals surface area contributed by atoms with E-state index < -0.39 is 24.0 Å². The molecule has 14 heteroatoms. The van der Waals surface area contributed by atoms with Crippen LogP contribution in [0, 0.1) is 17.0 Å². The van der Waals surface area contributed by atoms with Gasteiger partial charge in [-0.05, 0) is 51.8 Å². The van der Waals surface area contributed by atoms with E-state index in [1.54, 1.807) is 50.9 Å². The topological polar surface area (TPSA) is 158 Å². The first-order valence-corrected chi connectivity index (χ1v) is 13.7. The first-order valence-electron chi connectivity index (χ1n) is 12.1. The van der Waals surface area contributed by atoms with Crippen LogP contribution in [0.4, 0.5) is 11.4 Å². The van der Waals surface area contributed by atoms with Crippen LogP contribution in [-0.4, -0.2) is 51.6 Å². The van der Waals surface area contributed by atoms with Gasteiger partial charge < -0.3 is 23.7 Å². The molecule has 38 heavy (non-hydrogen) atoms. The number of rotatable bonds is 10. The first-order chi connectivity index (χ1) is 18.1. The zero-order chi connectivity index (χ0) is 27.6. The summed E-state index contributed by atoms with van der Waals surface area (Å²) in [4.78, 5) is 45.1. The molecule has 3 aromatic rings. The van der Waals surface area contributed by atoms with E-state index in [2.05, 4.69) is 9.97 Å². The van der Waals surface area contributed by atoms with E-state index in [1.807, 2.05) is 0 Å². The van der Waals surface area contributed by atoms with E-state index in [0.717, 1.165) is 5.57 Å². The highest BCUT2D eigenvalue weighted by Gasteiger charge is 2.27. The third-order valence-corrected chi connectivity index (χ3v) is 7.67. The van der Waals surface area contributed by atoms with Gasteiger partial charge in [0, 0.05) is 24.6 Å². The molecule has 202 valence electrons. The molecule has 0 amide bonds. The minimum Gasteiger partial charge on any atom is -0.461 e. The minimum absolute atomic E-state index is 0.00808. The van der Waals surface area contributed by atoms with Crippen molar-refractivity contribution in [2.75, 3.05) is 31.3 Å². The highest BCUT2D eigenvalue weighted by molar-refractivity contribution is 7.57. The van der Waals surface area contributed by atoms with Gasteiger partial charge in [-0.15, -0.1) is 0 Å². The Kier molecular flexibility index (Phi) is 7.81. The third-order valence-electron chi connectivity index (χ3n) is 5.92. The number of hydrogen-bond acceptors (Lipinski definition) is 10. The van der Waals surface area contributed by atoms with Crippen molar-refractivity contribution in [1.29, 1.82) is 0 Å². The van der Waals surface area contributed by atoms with Gasteiger partial charge in [0.25, 0.3) is 11.2 Å². The van der Waals surface area contributed by atoms with Gasteiger partial charge in [0.05, 0.1) is 41.5 Å². The van der Waals surface area contributed by atoms with E-state index in [4.69, 9.17) is 13.8 Å². The molecule has 4 rings (SSSR count). The van der Waals surface area contributed by atoms with Gasteiger partial charge >= 0.3 is 13.6 Å². The Labute approximate surface area is 217 Å². The lowest BCUT2D eigenvalue weighted by Gasteiger charge is -2.16. The molecule has 0 unspecified atom stereocenters. The number of nitrogens with zero attached hydrogens (tertiary/aromatic N) is 4. The summed E-state index contributed by atoms with van der Waals surface area (Å²) in [5.41, 5.74) is 1.22. The van der Waals surface area contributed by atoms with Crippen LogP contribution in [0.15, 0.2) is 40.6 Å². The van der Waals surface area contributed by atoms with E-state index in [9.17, 15) is 24.3 Å². The fraction of sp³-hybridized carbons (Fsp3) is 0.375. The van der Waals surface area contributed by atoms with Crippen molar-refractivity contribution in [1.82, 2.24) is 14.4 Å². The molecule has 13 nitrogen and oxygen atoms in total. The zero-order valence-electron chi connectivity index (χ0n) is 21.4. The predicted molar refractivity (Wildman–Crippen MR) is 141 cm³/mol. The van der Waals surface area contributed by atoms with Gasteiger partial charge in [0.15, 0.2) is 5.69 Å². The lowest BCUT2D eigenvalue weighted by Crippen LogP contribution is -2.16. The summed E-state index contributed by atoms with van der Waals surface area (Å²) in [6.07, 6.45) is 3.89. The van der Waals surface area contributed by atoms with Crippen molar-refractivity contribution in [3.05, 3.63) is 67.7 Å². The van der Waals surface area contributed by atoms with Gasteiger partial charge in [-0.1, -0.05) is 0 Å². The van der Waals surface area contributed by atoms with Crippen LogP contribution in [0.5, 0.6) is 0 Å². The number of nitro benzene ring substituents is 1. The highest BCUT2D eigenvalue weighted by atomic mass is 31.2. The van der Waals surface area contributed by atoms with Crippen molar-refractivity contribution in [3.63, 3.8) is 0 Å². The van der Waals surface area contributed by atoms with E-state index in [1.165, 1.54) is 16.3 Å². The average molecular weight is 545 g/mol. The Morgan fingerprint density at radius 2 is 1.95 bits per heavy atom. The Balaban J connectivity index is 1.83. The number of aryl methyl sites for hydroxylation is 1. The number of ether oxygens (including phenoxy) is 1. The maximum absolute atomic E-state index is 12.8. The second-order valence-corrected chi connectivity index (χ2v) is 10.2. The number of fused-ring (bicyclic) bond motifs is 3. The summed E-state index contributed by atoms with van der Waals surface area (Å²) in [6, 6.07) is 2.86. The van der Waals surface area contributed by atoms with Crippen LogP contribution >= 0.6 is 7.60 Å². The normalized spacial score (nSPS) is 14.1. The predicted octanol–water partition coefficient (Wildman–Crippen LogP) is 4.44. The van der Waals surface area contributed by atoms with Crippen LogP contribution in [0.2, 0.25) is 0 Å². The van der Waals surface area contributed by atoms with Gasteiger partial charge in [0.2, 0.25) is 5.65 Å². The summed E-state index contributed by atoms with van der Waals surface area (Å²) < 4.78 is 29.9. The Bertz CT molecular complexity index is 1580. The number of aromatic amines is 1. The number of H-pyrrole nitrogens is 1. The average Bonchev–Trinajstić information content (AvgIpc) is 3.48. The minimum atomic E-state index is -3.40. The van der Waals surface area contributed by atoms with E-state index in [0.29, 0.717) is 24.2 Å². The lowest BCUT2D eigenvalue weighted by atomic mass is 10.2. The summed E-state index contributed by atoms with van der Waals surface area (Å²) in [5.74, 6) is 0.725. The Morgan fingerprint density at radius 1 is 1.24 bits per heavy atom. The molecule has 3 heterocycles. The first kappa shape index (κ1) is 27.2. The number of benzene rings is 1. The molecule has 0 saturated heterocycles. The number of hydrogen-bond donors (Lipinski definition) is 1. The standard InChI is InChI=1S/C24H28N5O8P/c1-5-35-24(31)21-15(4)28-18-13-19(20(29(32)33)12-17(18)25-23(30)22(28)26-21)27-10-8-16(14-27)9-11-38(34,36-6-2)37-7-3/h9,11-14H,5-8,10H2,1-4H3,(H,25,30)/b11-9+. The summed E-state index contributed by atoms with van der Waals surface area (Å²) in [6.45, 7) is 7.73. The lowest BCUT2D eigenvalue weighted by molar-refractivity contribution is -0.384. The second kappa shape index (κ2) is 10.9. The van der Waals surface area contributed by atoms with Crippen LogP contribution in [0.1, 0.15) is 43.4 Å². The van der Waals surface area contributed by atoms with Gasteiger partial charge in [0.1, 0.15) is 5.69 Å². The van der Waals surface area contributed by atoms with Crippen molar-refractivity contribution in [2.24, 2.45) is 0 Å². The molecule has 0 aliphatic carbocycles. The summed E-state index contributed by atoms with van der Waals surface area (Å²) in [7, 11) is -3.40. The van der Waals surface area contributed by atoms with Crippen LogP contribution in [0.25, 0.3) is 16.7 Å². The zero-order valence-corrected chi connectivity index (χ0v) is 22.3. The largest absolute Gasteiger partial charge is 0.461 e. The molecular weight excluding hydrogens is 517 g/mol. The van der Waals surface area contributed by atoms with Crippen LogP contribution in [-0.2, 0) is 18.3 Å². The molecule has 0 bridgehead atoms. The van der Waals surface area contributed by atoms with Gasteiger partial charge in [-0.3, -0.25) is 23.9 Å². The molecule has 0 spiro atoms. The SMILES string of the molecule is CCOC(=O)c1nc2c(=O)[nH]c3cc([N+](=O)[O-])c(N4C=C(/C=C/P(=O)(OCC)OCC)CC4)cc3n2c1C. The molecule has 1 N–H and O–H groups in total. The summed E-state index contributed by atoms with van der Waals surface area (Å²) >= 11 is 0. The fourth-order valence-corrected chi connectivity index (χ4v) is 5.65. The number of aromatic nitrogens is 3. The third kappa shape index (κ3) is 5.13. The quantitative estimate of drug-likeness (QED) is 0.167. The van der Waals surface area contributed by atoms with Gasteiger partial charge in [-0.2, -0.15) is 0 Å². The number of anilines is 1. The summed E-state index contributed by atoms with van der Waals surface area (Å²) in [5, 5.41) is 12.0. The van der Waals surface area contributed by atoms with Gasteiger partial charge in [-0.25, -0.2) is 9.78 Å². The molecule has 0 radical (unpaired) electrons. The maximum atomic E-state index is 12.8. The van der Waals surface area contributed by atoms with E-state index in [-0.39, 0.29) is 48.1 Å². The van der Waals surface area contributed by atoms with Crippen molar-refractivity contribution < 1.29 is 28.1 Å². The van der Waals surface area contributed by atoms with Crippen molar-refractivity contribution in [2.45, 2.75) is 34.1 Å². The number of carbonyl (C=O) groups is 1.